The normalized spacial score (nSPS) is 10.3. The predicted molar refractivity (Wildman–Crippen MR) is 71.4 cm³/mol. The third-order valence-corrected chi connectivity index (χ3v) is 2.48. The van der Waals surface area contributed by atoms with Crippen LogP contribution in [0.5, 0.6) is 0 Å². The van der Waals surface area contributed by atoms with Gasteiger partial charge in [0.1, 0.15) is 12.5 Å². The summed E-state index contributed by atoms with van der Waals surface area (Å²) >= 11 is 0. The maximum absolute atomic E-state index is 10.9. The second-order valence-electron chi connectivity index (χ2n) is 3.95. The topological polar surface area (TPSA) is 124 Å². The molecule has 106 valence electrons. The highest BCUT2D eigenvalue weighted by atomic mass is 16.6. The minimum absolute atomic E-state index is 0.169. The number of rotatable bonds is 6. The average molecular weight is 278 g/mol. The zero-order chi connectivity index (χ0) is 14.5. The van der Waals surface area contributed by atoms with E-state index in [0.29, 0.717) is 24.7 Å². The van der Waals surface area contributed by atoms with Gasteiger partial charge >= 0.3 is 5.69 Å². The van der Waals surface area contributed by atoms with E-state index in [9.17, 15) is 10.1 Å². The lowest BCUT2D eigenvalue weighted by Crippen LogP contribution is -2.11. The molecular formula is C10H14N8O2. The van der Waals surface area contributed by atoms with E-state index in [2.05, 4.69) is 30.7 Å². The quantitative estimate of drug-likeness (QED) is 0.567. The first-order valence-corrected chi connectivity index (χ1v) is 5.87. The van der Waals surface area contributed by atoms with Crippen LogP contribution in [0.2, 0.25) is 0 Å². The van der Waals surface area contributed by atoms with Crippen LogP contribution in [0.25, 0.3) is 0 Å². The number of anilines is 2. The average Bonchev–Trinajstić information content (AvgIpc) is 2.84. The number of nitro groups is 1. The van der Waals surface area contributed by atoms with Crippen molar-refractivity contribution in [1.29, 1.82) is 0 Å². The van der Waals surface area contributed by atoms with Gasteiger partial charge in [0.25, 0.3) is 0 Å². The van der Waals surface area contributed by atoms with E-state index in [1.54, 1.807) is 25.1 Å². The van der Waals surface area contributed by atoms with E-state index < -0.39 is 4.92 Å². The highest BCUT2D eigenvalue weighted by Gasteiger charge is 2.16. The largest absolute Gasteiger partial charge is 0.364 e. The van der Waals surface area contributed by atoms with Gasteiger partial charge in [0.2, 0.25) is 11.8 Å². The zero-order valence-corrected chi connectivity index (χ0v) is 11.1. The van der Waals surface area contributed by atoms with E-state index in [1.807, 2.05) is 0 Å². The Labute approximate surface area is 114 Å². The van der Waals surface area contributed by atoms with Crippen molar-refractivity contribution in [2.24, 2.45) is 7.05 Å². The van der Waals surface area contributed by atoms with Gasteiger partial charge in [-0.25, -0.2) is 9.97 Å². The molecule has 2 aromatic heterocycles. The summed E-state index contributed by atoms with van der Waals surface area (Å²) in [7, 11) is 3.42. The maximum Gasteiger partial charge on any atom is 0.329 e. The number of hydrogen-bond acceptors (Lipinski definition) is 8. The highest BCUT2D eigenvalue weighted by molar-refractivity contribution is 5.56. The molecule has 0 aliphatic rings. The first-order chi connectivity index (χ1) is 9.60. The lowest BCUT2D eigenvalue weighted by atomic mass is 10.4. The molecule has 0 bridgehead atoms. The second-order valence-corrected chi connectivity index (χ2v) is 3.95. The van der Waals surface area contributed by atoms with Crippen LogP contribution in [0.1, 0.15) is 5.82 Å². The molecule has 2 heterocycles. The van der Waals surface area contributed by atoms with Gasteiger partial charge in [-0.05, 0) is 0 Å². The highest BCUT2D eigenvalue weighted by Crippen LogP contribution is 2.21. The van der Waals surface area contributed by atoms with E-state index in [0.717, 1.165) is 0 Å². The standard InChI is InChI=1S/C10H14N8O2/c1-11-10-13-5-7(18(19)20)9(15-10)12-4-3-8-14-6-17(2)16-8/h5-6H,3-4H2,1-2H3,(H2,11,12,13,15). The minimum atomic E-state index is -0.527. The second kappa shape index (κ2) is 5.91. The van der Waals surface area contributed by atoms with Crippen molar-refractivity contribution in [3.8, 4) is 0 Å². The molecule has 0 saturated heterocycles. The van der Waals surface area contributed by atoms with Crippen LogP contribution < -0.4 is 10.6 Å². The smallest absolute Gasteiger partial charge is 0.329 e. The molecule has 2 aromatic rings. The van der Waals surface area contributed by atoms with Crippen LogP contribution in [0.3, 0.4) is 0 Å². The summed E-state index contributed by atoms with van der Waals surface area (Å²) in [5, 5.41) is 20.7. The third kappa shape index (κ3) is 3.16. The van der Waals surface area contributed by atoms with Gasteiger partial charge in [0.15, 0.2) is 5.82 Å². The summed E-state index contributed by atoms with van der Waals surface area (Å²) in [5.41, 5.74) is -0.169. The number of hydrogen-bond donors (Lipinski definition) is 2. The molecule has 0 aromatic carbocycles. The Hall–Kier alpha value is -2.78. The minimum Gasteiger partial charge on any atom is -0.364 e. The summed E-state index contributed by atoms with van der Waals surface area (Å²) in [6.45, 7) is 0.436. The van der Waals surface area contributed by atoms with Crippen LogP contribution in [-0.4, -0.2) is 43.2 Å². The molecule has 10 heteroatoms. The molecule has 2 rings (SSSR count). The summed E-state index contributed by atoms with van der Waals surface area (Å²) in [6.07, 6.45) is 3.30. The molecule has 0 aliphatic carbocycles. The Morgan fingerprint density at radius 1 is 1.45 bits per heavy atom. The lowest BCUT2D eigenvalue weighted by Gasteiger charge is -2.06. The molecular weight excluding hydrogens is 264 g/mol. The molecule has 10 nitrogen and oxygen atoms in total. The molecule has 20 heavy (non-hydrogen) atoms. The van der Waals surface area contributed by atoms with Gasteiger partial charge < -0.3 is 10.6 Å². The number of nitrogens with zero attached hydrogens (tertiary/aromatic N) is 6. The van der Waals surface area contributed by atoms with Crippen molar-refractivity contribution in [2.45, 2.75) is 6.42 Å². The molecule has 0 spiro atoms. The van der Waals surface area contributed by atoms with Crippen LogP contribution >= 0.6 is 0 Å². The number of nitrogens with one attached hydrogen (secondary N) is 2. The van der Waals surface area contributed by atoms with Crippen molar-refractivity contribution in [1.82, 2.24) is 24.7 Å². The number of aromatic nitrogens is 5. The van der Waals surface area contributed by atoms with E-state index in [4.69, 9.17) is 0 Å². The van der Waals surface area contributed by atoms with Gasteiger partial charge in [-0.15, -0.1) is 0 Å². The maximum atomic E-state index is 10.9. The molecule has 0 atom stereocenters. The summed E-state index contributed by atoms with van der Waals surface area (Å²) in [4.78, 5) is 22.3. The van der Waals surface area contributed by atoms with Gasteiger partial charge in [-0.2, -0.15) is 10.1 Å². The lowest BCUT2D eigenvalue weighted by molar-refractivity contribution is -0.384. The predicted octanol–water partition coefficient (Wildman–Crippen LogP) is 0.210. The van der Waals surface area contributed by atoms with Crippen LogP contribution in [-0.2, 0) is 13.5 Å². The third-order valence-electron chi connectivity index (χ3n) is 2.48. The Balaban J connectivity index is 2.05. The summed E-state index contributed by atoms with van der Waals surface area (Å²) in [5.74, 6) is 1.14. The summed E-state index contributed by atoms with van der Waals surface area (Å²) < 4.78 is 1.60. The van der Waals surface area contributed by atoms with Crippen molar-refractivity contribution in [3.63, 3.8) is 0 Å². The van der Waals surface area contributed by atoms with Gasteiger partial charge in [0.05, 0.1) is 4.92 Å². The fourth-order valence-electron chi connectivity index (χ4n) is 1.55. The van der Waals surface area contributed by atoms with Crippen molar-refractivity contribution >= 4 is 17.5 Å². The Bertz CT molecular complexity index is 611. The van der Waals surface area contributed by atoms with Crippen LogP contribution in [0.4, 0.5) is 17.5 Å². The summed E-state index contributed by atoms with van der Waals surface area (Å²) in [6, 6.07) is 0. The molecule has 0 fully saturated rings. The van der Waals surface area contributed by atoms with Gasteiger partial charge in [-0.3, -0.25) is 14.8 Å². The van der Waals surface area contributed by atoms with Gasteiger partial charge in [-0.1, -0.05) is 0 Å². The fraction of sp³-hybridized carbons (Fsp3) is 0.400. The van der Waals surface area contributed by atoms with Gasteiger partial charge in [0, 0.05) is 27.1 Å². The van der Waals surface area contributed by atoms with Crippen molar-refractivity contribution in [2.75, 3.05) is 24.2 Å². The first kappa shape index (κ1) is 13.6. The molecule has 2 N–H and O–H groups in total. The van der Waals surface area contributed by atoms with Crippen LogP contribution in [0.15, 0.2) is 12.5 Å². The van der Waals surface area contributed by atoms with Crippen LogP contribution in [0, 0.1) is 10.1 Å². The fourth-order valence-corrected chi connectivity index (χ4v) is 1.55. The first-order valence-electron chi connectivity index (χ1n) is 5.87. The Kier molecular flexibility index (Phi) is 4.03. The zero-order valence-electron chi connectivity index (χ0n) is 11.1. The monoisotopic (exact) mass is 278 g/mol. The molecule has 0 amide bonds. The molecule has 0 aliphatic heterocycles. The molecule has 0 radical (unpaired) electrons. The molecule has 0 unspecified atom stereocenters. The SMILES string of the molecule is CNc1ncc([N+](=O)[O-])c(NCCc2ncn(C)n2)n1. The van der Waals surface area contributed by atoms with E-state index in [-0.39, 0.29) is 11.5 Å². The van der Waals surface area contributed by atoms with E-state index in [1.165, 1.54) is 6.20 Å². The number of aryl methyl sites for hydroxylation is 1. The van der Waals surface area contributed by atoms with Crippen molar-refractivity contribution < 1.29 is 4.92 Å². The molecule has 0 saturated carbocycles. The van der Waals surface area contributed by atoms with Crippen molar-refractivity contribution in [3.05, 3.63) is 28.5 Å². The van der Waals surface area contributed by atoms with E-state index >= 15 is 0 Å². The Morgan fingerprint density at radius 2 is 2.25 bits per heavy atom. The Morgan fingerprint density at radius 3 is 2.85 bits per heavy atom.